The van der Waals surface area contributed by atoms with Crippen LogP contribution < -0.4 is 20.1 Å². The van der Waals surface area contributed by atoms with Crippen LogP contribution in [0.15, 0.2) is 58.0 Å². The lowest BCUT2D eigenvalue weighted by Gasteiger charge is -2.20. The number of aromatic nitrogens is 1. The summed E-state index contributed by atoms with van der Waals surface area (Å²) in [6, 6.07) is 10.6. The molecule has 0 saturated carbocycles. The molecular formula is C27H29Cl2N4O8S4+. The van der Waals surface area contributed by atoms with E-state index in [0.29, 0.717) is 37.7 Å². The minimum absolute atomic E-state index is 0.139. The van der Waals surface area contributed by atoms with Crippen LogP contribution in [0.3, 0.4) is 0 Å². The van der Waals surface area contributed by atoms with E-state index < -0.39 is 43.6 Å². The van der Waals surface area contributed by atoms with E-state index in [1.807, 2.05) is 31.2 Å². The number of nitrogens with zero attached hydrogens (tertiary/aromatic N) is 2. The van der Waals surface area contributed by atoms with Crippen molar-refractivity contribution in [3.8, 4) is 0 Å². The number of hydrogen-bond acceptors (Lipinski definition) is 9. The zero-order valence-corrected chi connectivity index (χ0v) is 28.5. The van der Waals surface area contributed by atoms with Crippen LogP contribution in [0, 0.1) is 0 Å². The fourth-order valence-corrected chi connectivity index (χ4v) is 7.58. The number of benzene rings is 2. The lowest BCUT2D eigenvalue weighted by atomic mass is 10.2. The van der Waals surface area contributed by atoms with Gasteiger partial charge in [0, 0.05) is 40.2 Å². The van der Waals surface area contributed by atoms with Gasteiger partial charge in [0.25, 0.3) is 31.2 Å². The van der Waals surface area contributed by atoms with Gasteiger partial charge < -0.3 is 15.5 Å². The van der Waals surface area contributed by atoms with Gasteiger partial charge in [-0.3, -0.25) is 18.7 Å². The van der Waals surface area contributed by atoms with Gasteiger partial charge in [-0.15, -0.1) is 0 Å². The van der Waals surface area contributed by atoms with Crippen molar-refractivity contribution in [1.82, 2.24) is 10.6 Å². The van der Waals surface area contributed by atoms with E-state index in [1.54, 1.807) is 33.7 Å². The number of fused-ring (bicyclic) bond motifs is 2. The van der Waals surface area contributed by atoms with E-state index in [-0.39, 0.29) is 26.2 Å². The normalized spacial score (nSPS) is 14.6. The molecule has 1 aliphatic rings. The number of nitrogens with one attached hydrogen (secondary N) is 2. The zero-order chi connectivity index (χ0) is 32.9. The second-order valence-corrected chi connectivity index (χ2v) is 15.9. The number of thioether (sulfide) groups is 1. The third-order valence-electron chi connectivity index (χ3n) is 6.38. The van der Waals surface area contributed by atoms with Crippen molar-refractivity contribution in [1.29, 1.82) is 0 Å². The molecule has 2 amide bonds. The highest BCUT2D eigenvalue weighted by atomic mass is 35.5. The van der Waals surface area contributed by atoms with Crippen LogP contribution in [-0.2, 0) is 36.4 Å². The fraction of sp³-hybridized carbons (Fsp3) is 0.296. The number of allylic oxidation sites excluding steroid dienone is 2. The molecule has 45 heavy (non-hydrogen) atoms. The van der Waals surface area contributed by atoms with E-state index >= 15 is 0 Å². The van der Waals surface area contributed by atoms with E-state index in [2.05, 4.69) is 10.6 Å². The van der Waals surface area contributed by atoms with Gasteiger partial charge in [-0.1, -0.05) is 53.2 Å². The van der Waals surface area contributed by atoms with Gasteiger partial charge in [0.15, 0.2) is 0 Å². The molecule has 0 atom stereocenters. The van der Waals surface area contributed by atoms with E-state index in [1.165, 1.54) is 23.1 Å². The molecular weight excluding hydrogens is 707 g/mol. The number of carbonyl (C=O) groups excluding carboxylic acids is 2. The molecule has 0 bridgehead atoms. The minimum Gasteiger partial charge on any atom is -0.353 e. The molecule has 18 heteroatoms. The molecule has 12 nitrogen and oxygen atoms in total. The summed E-state index contributed by atoms with van der Waals surface area (Å²) in [7, 11) is -8.46. The van der Waals surface area contributed by atoms with Crippen molar-refractivity contribution < 1.29 is 40.1 Å². The van der Waals surface area contributed by atoms with Gasteiger partial charge in [0.05, 0.1) is 22.2 Å². The monoisotopic (exact) mass is 735 g/mol. The number of hydrogen-bond donors (Lipinski definition) is 4. The first kappa shape index (κ1) is 35.2. The SMILES string of the molecule is CCC(/C=C1\Sc2ccc(Cl)cc2N1CC(=O)NCCS(=O)(=O)O)=C\c1sc2ccc(Cl)cc2[n+]1CC(=O)NCCS(=O)(=O)O. The number of carbonyl (C=O) groups is 2. The smallest absolute Gasteiger partial charge is 0.286 e. The Morgan fingerprint density at radius 2 is 1.58 bits per heavy atom. The summed E-state index contributed by atoms with van der Waals surface area (Å²) in [5.41, 5.74) is 2.26. The van der Waals surface area contributed by atoms with Crippen LogP contribution in [0.25, 0.3) is 16.3 Å². The average molecular weight is 737 g/mol. The summed E-state index contributed by atoms with van der Waals surface area (Å²) in [5, 5.41) is 7.38. The van der Waals surface area contributed by atoms with E-state index in [4.69, 9.17) is 32.3 Å². The Labute approximate surface area is 278 Å². The molecule has 0 radical (unpaired) electrons. The molecule has 0 unspecified atom stereocenters. The second-order valence-electron chi connectivity index (χ2n) is 9.77. The van der Waals surface area contributed by atoms with Crippen LogP contribution in [0.4, 0.5) is 5.69 Å². The highest BCUT2D eigenvalue weighted by molar-refractivity contribution is 8.03. The maximum absolute atomic E-state index is 12.8. The minimum atomic E-state index is -4.23. The molecule has 0 saturated heterocycles. The summed E-state index contributed by atoms with van der Waals surface area (Å²) in [6.07, 6.45) is 4.40. The molecule has 0 fully saturated rings. The van der Waals surface area contributed by atoms with Crippen molar-refractivity contribution >= 4 is 100 Å². The standard InChI is InChI=1S/C27H28Cl2N4O8S4/c1-2-17(11-26-32(15-24(34)30-7-9-44(36,37)38)20-13-18(28)3-5-22(20)42-26)12-27-33(16-25(35)31-8-10-45(39,40)41)21-14-19(29)4-6-23(21)43-27/h3-6,11-14H,2,7-10,15-16H2,1H3,(H3-,30,31,34,35,36,37,38,39,40,41)/p+1. The highest BCUT2D eigenvalue weighted by Crippen LogP contribution is 2.47. The summed E-state index contributed by atoms with van der Waals surface area (Å²) in [4.78, 5) is 28.2. The van der Waals surface area contributed by atoms with E-state index in [0.717, 1.165) is 15.2 Å². The van der Waals surface area contributed by atoms with Gasteiger partial charge in [-0.25, -0.2) is 0 Å². The Bertz CT molecular complexity index is 1910. The molecule has 2 aromatic carbocycles. The Hall–Kier alpha value is -2.70. The molecule has 4 N–H and O–H groups in total. The Kier molecular flexibility index (Phi) is 11.6. The lowest BCUT2D eigenvalue weighted by Crippen LogP contribution is -2.44. The van der Waals surface area contributed by atoms with Crippen molar-refractivity contribution in [3.63, 3.8) is 0 Å². The van der Waals surface area contributed by atoms with Crippen molar-refractivity contribution in [2.24, 2.45) is 0 Å². The Morgan fingerprint density at radius 3 is 2.22 bits per heavy atom. The number of halogens is 2. The summed E-state index contributed by atoms with van der Waals surface area (Å²) in [6.45, 7) is 1.17. The first-order chi connectivity index (χ1) is 21.1. The van der Waals surface area contributed by atoms with Crippen LogP contribution in [0.2, 0.25) is 10.0 Å². The van der Waals surface area contributed by atoms with Gasteiger partial charge in [0.1, 0.15) is 11.2 Å². The molecule has 3 aromatic rings. The van der Waals surface area contributed by atoms with Crippen molar-refractivity contribution in [3.05, 3.63) is 68.1 Å². The predicted octanol–water partition coefficient (Wildman–Crippen LogP) is 3.75. The third kappa shape index (κ3) is 10.1. The molecule has 2 heterocycles. The first-order valence-corrected chi connectivity index (χ1v) is 19.0. The number of thiazole rings is 1. The zero-order valence-electron chi connectivity index (χ0n) is 23.7. The molecule has 0 spiro atoms. The Morgan fingerprint density at radius 1 is 0.956 bits per heavy atom. The molecule has 1 aromatic heterocycles. The third-order valence-corrected chi connectivity index (χ3v) is 10.5. The number of rotatable bonds is 13. The number of anilines is 1. The first-order valence-electron chi connectivity index (χ1n) is 13.3. The van der Waals surface area contributed by atoms with Crippen molar-refractivity contribution in [2.45, 2.75) is 24.8 Å². The predicted molar refractivity (Wildman–Crippen MR) is 177 cm³/mol. The maximum Gasteiger partial charge on any atom is 0.286 e. The quantitative estimate of drug-likeness (QED) is 0.150. The Balaban J connectivity index is 1.66. The lowest BCUT2D eigenvalue weighted by molar-refractivity contribution is -0.655. The maximum atomic E-state index is 12.8. The number of amides is 2. The largest absolute Gasteiger partial charge is 0.353 e. The second kappa shape index (κ2) is 14.8. The average Bonchev–Trinajstić information content (AvgIpc) is 3.43. The molecule has 242 valence electrons. The molecule has 0 aliphatic carbocycles. The van der Waals surface area contributed by atoms with Crippen LogP contribution in [-0.4, -0.2) is 68.9 Å². The van der Waals surface area contributed by atoms with Crippen LogP contribution in [0.5, 0.6) is 0 Å². The van der Waals surface area contributed by atoms with Crippen molar-refractivity contribution in [2.75, 3.05) is 36.0 Å². The summed E-state index contributed by atoms with van der Waals surface area (Å²) in [5.74, 6) is -2.14. The summed E-state index contributed by atoms with van der Waals surface area (Å²) >= 11 is 15.4. The van der Waals surface area contributed by atoms with E-state index in [9.17, 15) is 26.4 Å². The van der Waals surface area contributed by atoms with Crippen LogP contribution in [0.1, 0.15) is 18.4 Å². The van der Waals surface area contributed by atoms with Gasteiger partial charge in [-0.2, -0.15) is 21.4 Å². The highest BCUT2D eigenvalue weighted by Gasteiger charge is 2.28. The van der Waals surface area contributed by atoms with Gasteiger partial charge >= 0.3 is 0 Å². The summed E-state index contributed by atoms with van der Waals surface area (Å²) < 4.78 is 64.8. The molecule has 4 rings (SSSR count). The molecule has 1 aliphatic heterocycles. The van der Waals surface area contributed by atoms with Gasteiger partial charge in [0.2, 0.25) is 18.0 Å². The fourth-order valence-electron chi connectivity index (χ4n) is 4.29. The van der Waals surface area contributed by atoms with Gasteiger partial charge in [-0.05, 0) is 48.4 Å². The van der Waals surface area contributed by atoms with Crippen LogP contribution >= 0.6 is 46.3 Å². The topological polar surface area (TPSA) is 174 Å².